The highest BCUT2D eigenvalue weighted by molar-refractivity contribution is 5.73. The number of urea groups is 1. The van der Waals surface area contributed by atoms with E-state index in [1.165, 1.54) is 7.05 Å². The van der Waals surface area contributed by atoms with Gasteiger partial charge in [-0.05, 0) is 6.92 Å². The van der Waals surface area contributed by atoms with Crippen molar-refractivity contribution >= 4 is 6.03 Å². The van der Waals surface area contributed by atoms with Crippen LogP contribution in [-0.4, -0.2) is 28.3 Å². The quantitative estimate of drug-likeness (QED) is 0.479. The molecule has 0 bridgehead atoms. The molecular weight excluding hydrogens is 174 g/mol. The maximum absolute atomic E-state index is 10.9. The number of hydrogen-bond donors (Lipinski definition) is 4. The number of nitrogens with zero attached hydrogens (tertiary/aromatic N) is 1. The molecule has 1 atom stereocenters. The Bertz CT molecular complexity index is 341. The summed E-state index contributed by atoms with van der Waals surface area (Å²) in [5.41, 5.74) is -0.388. The molecule has 0 aliphatic rings. The monoisotopic (exact) mass is 185 g/mol. The minimum atomic E-state index is -0.388. The molecule has 72 valence electrons. The first kappa shape index (κ1) is 9.30. The number of hydrogen-bond acceptors (Lipinski definition) is 3. The lowest BCUT2D eigenvalue weighted by molar-refractivity contribution is 0.239. The van der Waals surface area contributed by atoms with Gasteiger partial charge in [-0.25, -0.2) is 14.7 Å². The first-order valence-electron chi connectivity index (χ1n) is 3.76. The molecule has 0 fully saturated rings. The largest absolute Gasteiger partial charge is 0.341 e. The van der Waals surface area contributed by atoms with Crippen LogP contribution in [0.25, 0.3) is 0 Å². The van der Waals surface area contributed by atoms with Gasteiger partial charge in [0.15, 0.2) is 5.82 Å². The van der Waals surface area contributed by atoms with E-state index in [0.717, 1.165) is 0 Å². The smallest absolute Gasteiger partial charge is 0.340 e. The molecule has 13 heavy (non-hydrogen) atoms. The molecule has 0 aliphatic carbocycles. The standard InChI is InChI=1S/C6H11N5O2/c1-3(8-5(12)7-2)4-9-6(13)11-10-4/h3H,1-2H3,(H2,7,8,12)(H2,9,10,11,13). The highest BCUT2D eigenvalue weighted by Crippen LogP contribution is 2.01. The molecule has 0 aromatic carbocycles. The summed E-state index contributed by atoms with van der Waals surface area (Å²) in [6, 6.07) is -0.657. The Balaban J connectivity index is 2.63. The summed E-state index contributed by atoms with van der Waals surface area (Å²) in [7, 11) is 1.51. The summed E-state index contributed by atoms with van der Waals surface area (Å²) in [6.45, 7) is 1.71. The lowest BCUT2D eigenvalue weighted by Crippen LogP contribution is -2.35. The highest BCUT2D eigenvalue weighted by atomic mass is 16.2. The van der Waals surface area contributed by atoms with Crippen molar-refractivity contribution in [3.8, 4) is 0 Å². The second-order valence-corrected chi connectivity index (χ2v) is 2.51. The predicted octanol–water partition coefficient (Wildman–Crippen LogP) is -0.912. The molecule has 0 radical (unpaired) electrons. The number of carbonyl (C=O) groups is 1. The molecule has 1 rings (SSSR count). The lowest BCUT2D eigenvalue weighted by atomic mass is 10.3. The van der Waals surface area contributed by atoms with Crippen LogP contribution >= 0.6 is 0 Å². The first-order chi connectivity index (χ1) is 6.13. The molecular formula is C6H11N5O2. The summed E-state index contributed by atoms with van der Waals surface area (Å²) >= 11 is 0. The molecule has 1 aromatic rings. The summed E-state index contributed by atoms with van der Waals surface area (Å²) in [5.74, 6) is 0.397. The van der Waals surface area contributed by atoms with Gasteiger partial charge in [-0.2, -0.15) is 5.10 Å². The zero-order valence-electron chi connectivity index (χ0n) is 7.34. The predicted molar refractivity (Wildman–Crippen MR) is 45.2 cm³/mol. The SMILES string of the molecule is CNC(=O)NC(C)c1n[nH]c(=O)[nH]1. The van der Waals surface area contributed by atoms with Crippen molar-refractivity contribution < 1.29 is 4.79 Å². The lowest BCUT2D eigenvalue weighted by Gasteiger charge is -2.09. The van der Waals surface area contributed by atoms with Gasteiger partial charge in [0, 0.05) is 7.05 Å². The average molecular weight is 185 g/mol. The minimum absolute atomic E-state index is 0.323. The van der Waals surface area contributed by atoms with Crippen molar-refractivity contribution in [2.75, 3.05) is 7.05 Å². The Morgan fingerprint density at radius 3 is 2.77 bits per heavy atom. The molecule has 4 N–H and O–H groups in total. The van der Waals surface area contributed by atoms with Crippen LogP contribution in [0.15, 0.2) is 4.79 Å². The van der Waals surface area contributed by atoms with Crippen molar-refractivity contribution in [1.82, 2.24) is 25.8 Å². The molecule has 7 heteroatoms. The summed E-state index contributed by atoms with van der Waals surface area (Å²) < 4.78 is 0. The van der Waals surface area contributed by atoms with E-state index in [4.69, 9.17) is 0 Å². The zero-order valence-corrected chi connectivity index (χ0v) is 7.34. The van der Waals surface area contributed by atoms with E-state index in [9.17, 15) is 9.59 Å². The zero-order chi connectivity index (χ0) is 9.84. The van der Waals surface area contributed by atoms with Crippen LogP contribution in [0.1, 0.15) is 18.8 Å². The number of aromatic nitrogens is 3. The number of H-pyrrole nitrogens is 2. The van der Waals surface area contributed by atoms with Crippen LogP contribution in [0, 0.1) is 0 Å². The maximum Gasteiger partial charge on any atom is 0.340 e. The van der Waals surface area contributed by atoms with E-state index in [1.807, 2.05) is 0 Å². The van der Waals surface area contributed by atoms with Crippen LogP contribution < -0.4 is 16.3 Å². The molecule has 1 aromatic heterocycles. The van der Waals surface area contributed by atoms with Gasteiger partial charge in [0.25, 0.3) is 0 Å². The van der Waals surface area contributed by atoms with E-state index in [1.54, 1.807) is 6.92 Å². The van der Waals surface area contributed by atoms with Gasteiger partial charge in [0.05, 0.1) is 6.04 Å². The van der Waals surface area contributed by atoms with Crippen molar-refractivity contribution in [2.45, 2.75) is 13.0 Å². The third-order valence-corrected chi connectivity index (χ3v) is 1.50. The molecule has 0 saturated carbocycles. The molecule has 0 saturated heterocycles. The van der Waals surface area contributed by atoms with Gasteiger partial charge < -0.3 is 10.6 Å². The van der Waals surface area contributed by atoms with Crippen molar-refractivity contribution in [3.05, 3.63) is 16.3 Å². The number of amides is 2. The number of carbonyl (C=O) groups excluding carboxylic acids is 1. The van der Waals surface area contributed by atoms with E-state index < -0.39 is 0 Å². The van der Waals surface area contributed by atoms with E-state index in [-0.39, 0.29) is 17.8 Å². The van der Waals surface area contributed by atoms with Crippen molar-refractivity contribution in [1.29, 1.82) is 0 Å². The van der Waals surface area contributed by atoms with Gasteiger partial charge in [-0.3, -0.25) is 4.98 Å². The number of rotatable bonds is 2. The maximum atomic E-state index is 10.9. The summed E-state index contributed by atoms with van der Waals surface area (Å²) in [5, 5.41) is 10.8. The van der Waals surface area contributed by atoms with Crippen LogP contribution in [0.4, 0.5) is 4.79 Å². The molecule has 7 nitrogen and oxygen atoms in total. The van der Waals surface area contributed by atoms with Crippen LogP contribution in [0.5, 0.6) is 0 Å². The molecule has 0 aliphatic heterocycles. The number of aromatic amines is 2. The number of nitrogens with one attached hydrogen (secondary N) is 4. The van der Waals surface area contributed by atoms with E-state index in [2.05, 4.69) is 25.8 Å². The fourth-order valence-corrected chi connectivity index (χ4v) is 0.825. The summed E-state index contributed by atoms with van der Waals surface area (Å²) in [6.07, 6.45) is 0. The molecule has 1 unspecified atom stereocenters. The van der Waals surface area contributed by atoms with E-state index >= 15 is 0 Å². The Morgan fingerprint density at radius 2 is 2.31 bits per heavy atom. The second kappa shape index (κ2) is 3.74. The molecule has 2 amide bonds. The third-order valence-electron chi connectivity index (χ3n) is 1.50. The Kier molecular flexibility index (Phi) is 2.68. The topological polar surface area (TPSA) is 103 Å². The molecule has 0 spiro atoms. The Labute approximate surface area is 73.9 Å². The highest BCUT2D eigenvalue weighted by Gasteiger charge is 2.10. The Hall–Kier alpha value is -1.79. The first-order valence-corrected chi connectivity index (χ1v) is 3.76. The van der Waals surface area contributed by atoms with Gasteiger partial charge in [-0.1, -0.05) is 0 Å². The summed E-state index contributed by atoms with van der Waals surface area (Å²) in [4.78, 5) is 23.9. The van der Waals surface area contributed by atoms with Gasteiger partial charge in [0.2, 0.25) is 0 Å². The van der Waals surface area contributed by atoms with Crippen molar-refractivity contribution in [2.24, 2.45) is 0 Å². The fourth-order valence-electron chi connectivity index (χ4n) is 0.825. The van der Waals surface area contributed by atoms with Crippen LogP contribution in [-0.2, 0) is 0 Å². The average Bonchev–Trinajstić information content (AvgIpc) is 2.51. The fraction of sp³-hybridized carbons (Fsp3) is 0.500. The van der Waals surface area contributed by atoms with Gasteiger partial charge in [0.1, 0.15) is 0 Å². The molecule has 1 heterocycles. The van der Waals surface area contributed by atoms with E-state index in [0.29, 0.717) is 5.82 Å². The van der Waals surface area contributed by atoms with Crippen LogP contribution in [0.3, 0.4) is 0 Å². The van der Waals surface area contributed by atoms with Gasteiger partial charge in [-0.15, -0.1) is 0 Å². The minimum Gasteiger partial charge on any atom is -0.341 e. The third kappa shape index (κ3) is 2.32. The second-order valence-electron chi connectivity index (χ2n) is 2.51. The normalized spacial score (nSPS) is 12.2. The van der Waals surface area contributed by atoms with Crippen LogP contribution in [0.2, 0.25) is 0 Å². The van der Waals surface area contributed by atoms with Crippen molar-refractivity contribution in [3.63, 3.8) is 0 Å². The Morgan fingerprint density at radius 1 is 1.62 bits per heavy atom. The van der Waals surface area contributed by atoms with Gasteiger partial charge >= 0.3 is 11.7 Å².